The maximum absolute atomic E-state index is 9.08. The van der Waals surface area contributed by atoms with Gasteiger partial charge in [-0.1, -0.05) is 46.9 Å². The highest BCUT2D eigenvalue weighted by atomic mass is 35.5. The highest BCUT2D eigenvalue weighted by molar-refractivity contribution is 6.44. The molecule has 5 heteroatoms. The quantitative estimate of drug-likeness (QED) is 0.798. The minimum absolute atomic E-state index is 0.00813. The molecule has 0 saturated carbocycles. The molecule has 2 aromatic carbocycles. The van der Waals surface area contributed by atoms with Crippen LogP contribution in [0.5, 0.6) is 0 Å². The highest BCUT2D eigenvalue weighted by Crippen LogP contribution is 2.31. The van der Waals surface area contributed by atoms with E-state index in [1.54, 1.807) is 12.1 Å². The second-order valence-corrected chi connectivity index (χ2v) is 5.23. The van der Waals surface area contributed by atoms with Crippen molar-refractivity contribution in [1.82, 2.24) is 0 Å². The Hall–Kier alpha value is -0.930. The molecule has 0 unspecified atom stereocenters. The van der Waals surface area contributed by atoms with Gasteiger partial charge in [-0.05, 0) is 29.8 Å². The molecule has 0 heterocycles. The molecule has 0 radical (unpaired) electrons. The summed E-state index contributed by atoms with van der Waals surface area (Å²) in [6.45, 7) is 0.474. The fourth-order valence-corrected chi connectivity index (χ4v) is 2.38. The molecule has 2 N–H and O–H groups in total. The minimum Gasteiger partial charge on any atom is -0.392 e. The number of halogens is 3. The van der Waals surface area contributed by atoms with Crippen molar-refractivity contribution in [2.75, 3.05) is 5.32 Å². The number of nitrogens with one attached hydrogen (secondary N) is 1. The molecular weight excluding hydrogens is 305 g/mol. The Morgan fingerprint density at radius 2 is 1.74 bits per heavy atom. The van der Waals surface area contributed by atoms with E-state index in [2.05, 4.69) is 5.32 Å². The van der Waals surface area contributed by atoms with Crippen LogP contribution in [0.4, 0.5) is 5.69 Å². The van der Waals surface area contributed by atoms with E-state index in [0.717, 1.165) is 16.8 Å². The highest BCUT2D eigenvalue weighted by Gasteiger charge is 2.09. The van der Waals surface area contributed by atoms with E-state index in [-0.39, 0.29) is 6.61 Å². The molecule has 0 amide bonds. The fourth-order valence-electron chi connectivity index (χ4n) is 1.70. The zero-order valence-electron chi connectivity index (χ0n) is 9.96. The van der Waals surface area contributed by atoms with Crippen LogP contribution in [0.15, 0.2) is 36.4 Å². The second kappa shape index (κ2) is 6.49. The van der Waals surface area contributed by atoms with Gasteiger partial charge in [-0.15, -0.1) is 0 Å². The van der Waals surface area contributed by atoms with E-state index >= 15 is 0 Å². The Bertz CT molecular complexity index is 587. The van der Waals surface area contributed by atoms with Gasteiger partial charge in [-0.3, -0.25) is 0 Å². The van der Waals surface area contributed by atoms with Gasteiger partial charge in [0.25, 0.3) is 0 Å². The third-order valence-corrected chi connectivity index (χ3v) is 3.92. The topological polar surface area (TPSA) is 32.3 Å². The van der Waals surface area contributed by atoms with E-state index in [0.29, 0.717) is 21.6 Å². The molecule has 0 aliphatic heterocycles. The molecule has 0 atom stereocenters. The average Bonchev–Trinajstić information content (AvgIpc) is 2.43. The van der Waals surface area contributed by atoms with E-state index in [9.17, 15) is 0 Å². The SMILES string of the molecule is OCc1cccc(NCc2c(Cl)ccc(Cl)c2Cl)c1. The summed E-state index contributed by atoms with van der Waals surface area (Å²) in [7, 11) is 0. The van der Waals surface area contributed by atoms with Gasteiger partial charge in [0, 0.05) is 22.8 Å². The van der Waals surface area contributed by atoms with Crippen molar-refractivity contribution >= 4 is 40.5 Å². The number of anilines is 1. The van der Waals surface area contributed by atoms with Crippen LogP contribution < -0.4 is 5.32 Å². The molecule has 2 rings (SSSR count). The first-order valence-corrected chi connectivity index (χ1v) is 6.81. The first-order chi connectivity index (χ1) is 9.11. The normalized spacial score (nSPS) is 10.5. The van der Waals surface area contributed by atoms with Crippen molar-refractivity contribution < 1.29 is 5.11 Å². The third-order valence-electron chi connectivity index (χ3n) is 2.72. The van der Waals surface area contributed by atoms with Crippen molar-refractivity contribution in [1.29, 1.82) is 0 Å². The van der Waals surface area contributed by atoms with Gasteiger partial charge in [-0.2, -0.15) is 0 Å². The monoisotopic (exact) mass is 315 g/mol. The molecule has 100 valence electrons. The summed E-state index contributed by atoms with van der Waals surface area (Å²) in [5.74, 6) is 0. The molecule has 19 heavy (non-hydrogen) atoms. The molecule has 0 aliphatic carbocycles. The van der Waals surface area contributed by atoms with Crippen molar-refractivity contribution in [2.24, 2.45) is 0 Å². The number of hydrogen-bond donors (Lipinski definition) is 2. The Kier molecular flexibility index (Phi) is 4.94. The summed E-state index contributed by atoms with van der Waals surface area (Å²) in [4.78, 5) is 0. The number of rotatable bonds is 4. The zero-order valence-corrected chi connectivity index (χ0v) is 12.2. The molecule has 2 aromatic rings. The lowest BCUT2D eigenvalue weighted by Crippen LogP contribution is -2.01. The van der Waals surface area contributed by atoms with Crippen molar-refractivity contribution in [3.63, 3.8) is 0 Å². The van der Waals surface area contributed by atoms with Crippen LogP contribution in [0.1, 0.15) is 11.1 Å². The van der Waals surface area contributed by atoms with Crippen LogP contribution >= 0.6 is 34.8 Å². The lowest BCUT2D eigenvalue weighted by atomic mass is 10.2. The van der Waals surface area contributed by atoms with Gasteiger partial charge in [0.2, 0.25) is 0 Å². The molecule has 2 nitrogen and oxygen atoms in total. The summed E-state index contributed by atoms with van der Waals surface area (Å²) < 4.78 is 0. The van der Waals surface area contributed by atoms with Crippen molar-refractivity contribution in [2.45, 2.75) is 13.2 Å². The predicted octanol–water partition coefficient (Wildman–Crippen LogP) is 4.75. The van der Waals surface area contributed by atoms with Crippen LogP contribution in [0.3, 0.4) is 0 Å². The number of aliphatic hydroxyl groups excluding tert-OH is 1. The summed E-state index contributed by atoms with van der Waals surface area (Å²) >= 11 is 18.2. The minimum atomic E-state index is 0.00813. The largest absolute Gasteiger partial charge is 0.392 e. The third kappa shape index (κ3) is 3.54. The Balaban J connectivity index is 2.16. The van der Waals surface area contributed by atoms with Crippen molar-refractivity contribution in [3.8, 4) is 0 Å². The zero-order chi connectivity index (χ0) is 13.8. The van der Waals surface area contributed by atoms with E-state index in [4.69, 9.17) is 39.9 Å². The molecule has 0 aromatic heterocycles. The maximum Gasteiger partial charge on any atom is 0.0682 e. The van der Waals surface area contributed by atoms with Crippen LogP contribution in [0, 0.1) is 0 Å². The first-order valence-electron chi connectivity index (χ1n) is 5.68. The predicted molar refractivity (Wildman–Crippen MR) is 81.2 cm³/mol. The molecule has 0 fully saturated rings. The van der Waals surface area contributed by atoms with Crippen LogP contribution in [0.25, 0.3) is 0 Å². The molecule has 0 saturated heterocycles. The standard InChI is InChI=1S/C14H12Cl3NO/c15-12-4-5-13(16)14(17)11(12)7-18-10-3-1-2-9(6-10)8-19/h1-6,18-19H,7-8H2. The second-order valence-electron chi connectivity index (χ2n) is 4.03. The summed E-state index contributed by atoms with van der Waals surface area (Å²) in [5.41, 5.74) is 2.48. The van der Waals surface area contributed by atoms with E-state index in [1.165, 1.54) is 0 Å². The Labute approximate surface area is 126 Å². The van der Waals surface area contributed by atoms with Crippen LogP contribution in [-0.4, -0.2) is 5.11 Å². The summed E-state index contributed by atoms with van der Waals surface area (Å²) in [6, 6.07) is 10.9. The van der Waals surface area contributed by atoms with Crippen molar-refractivity contribution in [3.05, 3.63) is 62.6 Å². The van der Waals surface area contributed by atoms with Gasteiger partial charge >= 0.3 is 0 Å². The van der Waals surface area contributed by atoms with Gasteiger partial charge in [-0.25, -0.2) is 0 Å². The molecule has 0 aliphatic rings. The molecule has 0 bridgehead atoms. The Morgan fingerprint density at radius 1 is 1.00 bits per heavy atom. The van der Waals surface area contributed by atoms with Crippen LogP contribution in [0.2, 0.25) is 15.1 Å². The Morgan fingerprint density at radius 3 is 2.47 bits per heavy atom. The molecule has 0 spiro atoms. The van der Waals surface area contributed by atoms with Gasteiger partial charge < -0.3 is 10.4 Å². The van der Waals surface area contributed by atoms with Gasteiger partial charge in [0.05, 0.1) is 16.7 Å². The van der Waals surface area contributed by atoms with Crippen LogP contribution in [-0.2, 0) is 13.2 Å². The molecular formula is C14H12Cl3NO. The summed E-state index contributed by atoms with van der Waals surface area (Å²) in [6.07, 6.45) is 0. The summed E-state index contributed by atoms with van der Waals surface area (Å²) in [5, 5.41) is 13.8. The maximum atomic E-state index is 9.08. The lowest BCUT2D eigenvalue weighted by Gasteiger charge is -2.11. The fraction of sp³-hybridized carbons (Fsp3) is 0.143. The average molecular weight is 317 g/mol. The number of hydrogen-bond acceptors (Lipinski definition) is 2. The number of benzene rings is 2. The van der Waals surface area contributed by atoms with Gasteiger partial charge in [0.15, 0.2) is 0 Å². The van der Waals surface area contributed by atoms with E-state index < -0.39 is 0 Å². The first kappa shape index (κ1) is 14.5. The smallest absolute Gasteiger partial charge is 0.0682 e. The number of aliphatic hydroxyl groups is 1. The van der Waals surface area contributed by atoms with E-state index in [1.807, 2.05) is 24.3 Å². The lowest BCUT2D eigenvalue weighted by molar-refractivity contribution is 0.282. The van der Waals surface area contributed by atoms with Gasteiger partial charge in [0.1, 0.15) is 0 Å².